The number of nitrogens with zero attached hydrogens (tertiary/aromatic N) is 5. The highest BCUT2D eigenvalue weighted by Gasteiger charge is 2.45. The second kappa shape index (κ2) is 8.55. The Morgan fingerprint density at radius 3 is 2.05 bits per heavy atom. The van der Waals surface area contributed by atoms with Crippen LogP contribution in [0.2, 0.25) is 0 Å². The molecule has 0 saturated heterocycles. The second-order valence-corrected chi connectivity index (χ2v) is 11.2. The fourth-order valence-electron chi connectivity index (χ4n) is 6.82. The molecule has 2 aliphatic carbocycles. The number of rotatable bonds is 3. The second-order valence-electron chi connectivity index (χ2n) is 11.2. The number of para-hydroxylation sites is 1. The van der Waals surface area contributed by atoms with Crippen LogP contribution in [-0.4, -0.2) is 24.5 Å². The molecule has 0 N–H and O–H groups in total. The summed E-state index contributed by atoms with van der Waals surface area (Å²) in [4.78, 5) is 18.3. The number of hydrogen-bond acceptors (Lipinski definition) is 4. The van der Waals surface area contributed by atoms with Crippen molar-refractivity contribution < 1.29 is 0 Å². The zero-order chi connectivity index (χ0) is 26.8. The van der Waals surface area contributed by atoms with Crippen molar-refractivity contribution in [2.45, 2.75) is 25.7 Å². The van der Waals surface area contributed by atoms with Gasteiger partial charge in [0.1, 0.15) is 0 Å². The Balaban J connectivity index is 1.40. The third-order valence-corrected chi connectivity index (χ3v) is 8.72. The monoisotopic (exact) mass is 517 g/mol. The van der Waals surface area contributed by atoms with Crippen LogP contribution in [-0.2, 0) is 11.8 Å². The summed E-state index contributed by atoms with van der Waals surface area (Å²) in [6.07, 6.45) is 10.6. The van der Waals surface area contributed by atoms with Crippen molar-refractivity contribution in [2.24, 2.45) is 5.92 Å². The summed E-state index contributed by atoms with van der Waals surface area (Å²) in [5.74, 6) is 1.76. The quantitative estimate of drug-likeness (QED) is 0.243. The Morgan fingerprint density at radius 2 is 1.35 bits per heavy atom. The molecule has 1 unspecified atom stereocenters. The maximum absolute atomic E-state index is 4.57. The Labute approximate surface area is 232 Å². The largest absolute Gasteiger partial charge is 0.313 e. The van der Waals surface area contributed by atoms with Crippen molar-refractivity contribution in [3.05, 3.63) is 126 Å². The smallest absolute Gasteiger partial charge is 0.159 e. The Hall–Kier alpha value is -4.90. The van der Waals surface area contributed by atoms with Crippen LogP contribution in [0.5, 0.6) is 0 Å². The number of aromatic nitrogens is 5. The molecule has 5 heteroatoms. The highest BCUT2D eigenvalue weighted by atomic mass is 15.0. The van der Waals surface area contributed by atoms with Crippen LogP contribution < -0.4 is 0 Å². The van der Waals surface area contributed by atoms with Crippen LogP contribution in [0.3, 0.4) is 0 Å². The van der Waals surface area contributed by atoms with Gasteiger partial charge in [-0.15, -0.1) is 0 Å². The third-order valence-electron chi connectivity index (χ3n) is 8.72. The molecule has 192 valence electrons. The Bertz CT molecular complexity index is 1890. The van der Waals surface area contributed by atoms with Gasteiger partial charge in [0, 0.05) is 58.2 Å². The first-order valence-electron chi connectivity index (χ1n) is 13.7. The van der Waals surface area contributed by atoms with E-state index in [-0.39, 0.29) is 5.41 Å². The van der Waals surface area contributed by atoms with Crippen LogP contribution >= 0.6 is 0 Å². The van der Waals surface area contributed by atoms with E-state index in [1.807, 2.05) is 12.1 Å². The Kier molecular flexibility index (Phi) is 4.92. The molecule has 5 nitrogen and oxygen atoms in total. The van der Waals surface area contributed by atoms with E-state index in [4.69, 9.17) is 0 Å². The van der Waals surface area contributed by atoms with E-state index in [9.17, 15) is 0 Å². The molecule has 2 aliphatic rings. The lowest BCUT2D eigenvalue weighted by atomic mass is 9.73. The van der Waals surface area contributed by atoms with E-state index in [1.165, 1.54) is 38.9 Å². The maximum atomic E-state index is 4.57. The van der Waals surface area contributed by atoms with Gasteiger partial charge >= 0.3 is 0 Å². The lowest BCUT2D eigenvalue weighted by molar-refractivity contribution is 0.405. The molecule has 0 fully saturated rings. The fourth-order valence-corrected chi connectivity index (χ4v) is 6.82. The predicted octanol–water partition coefficient (Wildman–Crippen LogP) is 7.55. The summed E-state index contributed by atoms with van der Waals surface area (Å²) in [6.45, 7) is 4.79. The first-order chi connectivity index (χ1) is 19.6. The SMILES string of the molecule is CC1(C)c2ccccc2C2=Cc3c(n(-c4cc(-c5ncccn5)cc(-c5ncccn5)c4)c4ccccc34)CC21. The van der Waals surface area contributed by atoms with E-state index >= 15 is 0 Å². The van der Waals surface area contributed by atoms with Crippen LogP contribution in [0.15, 0.2) is 104 Å². The molecule has 1 atom stereocenters. The minimum Gasteiger partial charge on any atom is -0.313 e. The summed E-state index contributed by atoms with van der Waals surface area (Å²) in [5, 5.41) is 1.27. The van der Waals surface area contributed by atoms with Gasteiger partial charge in [0.2, 0.25) is 0 Å². The zero-order valence-electron chi connectivity index (χ0n) is 22.4. The summed E-state index contributed by atoms with van der Waals surface area (Å²) in [5.41, 5.74) is 11.1. The first-order valence-corrected chi connectivity index (χ1v) is 13.7. The zero-order valence-corrected chi connectivity index (χ0v) is 22.4. The van der Waals surface area contributed by atoms with Crippen LogP contribution in [0.4, 0.5) is 0 Å². The van der Waals surface area contributed by atoms with Crippen molar-refractivity contribution in [3.8, 4) is 28.5 Å². The van der Waals surface area contributed by atoms with Crippen molar-refractivity contribution in [1.29, 1.82) is 0 Å². The number of fused-ring (bicyclic) bond motifs is 6. The molecular weight excluding hydrogens is 490 g/mol. The number of hydrogen-bond donors (Lipinski definition) is 0. The highest BCUT2D eigenvalue weighted by Crippen LogP contribution is 2.55. The molecule has 8 rings (SSSR count). The molecule has 0 spiro atoms. The lowest BCUT2D eigenvalue weighted by Gasteiger charge is -2.32. The maximum Gasteiger partial charge on any atom is 0.159 e. The summed E-state index contributed by atoms with van der Waals surface area (Å²) in [6, 6.07) is 27.8. The van der Waals surface area contributed by atoms with Gasteiger partial charge < -0.3 is 4.57 Å². The number of benzene rings is 3. The molecule has 0 radical (unpaired) electrons. The van der Waals surface area contributed by atoms with E-state index in [1.54, 1.807) is 24.8 Å². The van der Waals surface area contributed by atoms with Gasteiger partial charge in [0.25, 0.3) is 0 Å². The molecule has 3 aromatic heterocycles. The minimum atomic E-state index is 0.0458. The molecular formula is C35H27N5. The molecule has 0 aliphatic heterocycles. The van der Waals surface area contributed by atoms with Crippen molar-refractivity contribution in [2.75, 3.05) is 0 Å². The molecule has 6 aromatic rings. The van der Waals surface area contributed by atoms with E-state index < -0.39 is 0 Å². The van der Waals surface area contributed by atoms with Gasteiger partial charge in [0.15, 0.2) is 11.6 Å². The molecule has 0 bridgehead atoms. The van der Waals surface area contributed by atoms with Crippen LogP contribution in [0.25, 0.3) is 51.0 Å². The topological polar surface area (TPSA) is 56.5 Å². The van der Waals surface area contributed by atoms with E-state index in [2.05, 4.69) is 111 Å². The summed E-state index contributed by atoms with van der Waals surface area (Å²) >= 11 is 0. The van der Waals surface area contributed by atoms with E-state index in [0.717, 1.165) is 23.2 Å². The molecule has 0 saturated carbocycles. The standard InChI is InChI=1S/C35H27N5/c1-35(2)29-11-5-3-9-25(29)27-20-28-26-10-4-6-12-31(26)40(32(28)21-30(27)35)24-18-22(33-36-13-7-14-37-33)17-23(19-24)34-38-15-8-16-39-34/h3-20,30H,21H2,1-2H3. The lowest BCUT2D eigenvalue weighted by Crippen LogP contribution is -2.27. The van der Waals surface area contributed by atoms with E-state index in [0.29, 0.717) is 17.6 Å². The van der Waals surface area contributed by atoms with Gasteiger partial charge in [-0.1, -0.05) is 56.3 Å². The van der Waals surface area contributed by atoms with Gasteiger partial charge in [-0.25, -0.2) is 19.9 Å². The van der Waals surface area contributed by atoms with Gasteiger partial charge in [-0.3, -0.25) is 0 Å². The van der Waals surface area contributed by atoms with Crippen LogP contribution in [0.1, 0.15) is 36.2 Å². The minimum absolute atomic E-state index is 0.0458. The molecule has 3 heterocycles. The van der Waals surface area contributed by atoms with Gasteiger partial charge in [-0.2, -0.15) is 0 Å². The predicted molar refractivity (Wildman–Crippen MR) is 160 cm³/mol. The average molecular weight is 518 g/mol. The molecule has 40 heavy (non-hydrogen) atoms. The van der Waals surface area contributed by atoms with Crippen LogP contribution in [0, 0.1) is 5.92 Å². The van der Waals surface area contributed by atoms with Crippen molar-refractivity contribution >= 4 is 22.6 Å². The van der Waals surface area contributed by atoms with Gasteiger partial charge in [-0.05, 0) is 76.9 Å². The average Bonchev–Trinajstić information content (AvgIpc) is 3.45. The fraction of sp³-hybridized carbons (Fsp3) is 0.143. The third kappa shape index (κ3) is 3.34. The highest BCUT2D eigenvalue weighted by molar-refractivity contribution is 6.01. The number of allylic oxidation sites excluding steroid dienone is 1. The van der Waals surface area contributed by atoms with Crippen molar-refractivity contribution in [1.82, 2.24) is 24.5 Å². The summed E-state index contributed by atoms with van der Waals surface area (Å²) < 4.78 is 2.44. The summed E-state index contributed by atoms with van der Waals surface area (Å²) in [7, 11) is 0. The Morgan fingerprint density at radius 1 is 0.725 bits per heavy atom. The van der Waals surface area contributed by atoms with Gasteiger partial charge in [0.05, 0.1) is 5.52 Å². The molecule has 0 amide bonds. The normalized spacial score (nSPS) is 16.8. The van der Waals surface area contributed by atoms with Crippen molar-refractivity contribution in [3.63, 3.8) is 0 Å². The first kappa shape index (κ1) is 23.0. The molecule has 3 aromatic carbocycles.